The lowest BCUT2D eigenvalue weighted by atomic mass is 9.92. The van der Waals surface area contributed by atoms with Crippen LogP contribution in [-0.4, -0.2) is 31.4 Å². The lowest BCUT2D eigenvalue weighted by Crippen LogP contribution is -2.45. The van der Waals surface area contributed by atoms with E-state index in [1.165, 1.54) is 0 Å². The van der Waals surface area contributed by atoms with Crippen LogP contribution in [0.3, 0.4) is 0 Å². The number of ether oxygens (including phenoxy) is 3. The minimum absolute atomic E-state index is 0.273. The monoisotopic (exact) mass is 426 g/mol. The molecule has 0 fully saturated rings. The van der Waals surface area contributed by atoms with E-state index >= 15 is 0 Å². The van der Waals surface area contributed by atoms with Gasteiger partial charge in [-0.25, -0.2) is 4.79 Å². The molecule has 0 aromatic heterocycles. The molecule has 0 saturated carbocycles. The van der Waals surface area contributed by atoms with E-state index in [-0.39, 0.29) is 6.61 Å². The normalized spacial score (nSPS) is 15.8. The van der Waals surface area contributed by atoms with Gasteiger partial charge in [-0.3, -0.25) is 0 Å². The maximum Gasteiger partial charge on any atom is 0.338 e. The van der Waals surface area contributed by atoms with Gasteiger partial charge in [0.15, 0.2) is 16.6 Å². The van der Waals surface area contributed by atoms with Crippen LogP contribution < -0.4 is 20.1 Å². The van der Waals surface area contributed by atoms with Crippen molar-refractivity contribution >= 4 is 29.0 Å². The standard InChI is InChI=1S/C23H26N2O4S/c1-4-13-29-17-12-11-16(14-18(17)27-3)21-19(22(26)28-5-2)20(24-23(30)25-21)15-9-7-6-8-10-15/h6-12,14,21H,4-5,13H2,1-3H3,(H2,24,25,30)/t21-/m1/s1. The van der Waals surface area contributed by atoms with E-state index in [9.17, 15) is 4.79 Å². The molecule has 0 spiro atoms. The number of hydrogen-bond acceptors (Lipinski definition) is 5. The Morgan fingerprint density at radius 3 is 2.53 bits per heavy atom. The summed E-state index contributed by atoms with van der Waals surface area (Å²) in [4.78, 5) is 13.0. The summed E-state index contributed by atoms with van der Waals surface area (Å²) in [5.41, 5.74) is 2.76. The number of nitrogens with one attached hydrogen (secondary N) is 2. The molecule has 2 N–H and O–H groups in total. The summed E-state index contributed by atoms with van der Waals surface area (Å²) >= 11 is 5.44. The predicted octanol–water partition coefficient (Wildman–Crippen LogP) is 3.98. The average Bonchev–Trinajstić information content (AvgIpc) is 2.77. The van der Waals surface area contributed by atoms with Gasteiger partial charge in [-0.05, 0) is 48.8 Å². The van der Waals surface area contributed by atoms with Gasteiger partial charge < -0.3 is 24.8 Å². The second kappa shape index (κ2) is 10.1. The first-order chi connectivity index (χ1) is 14.6. The average molecular weight is 427 g/mol. The van der Waals surface area contributed by atoms with Gasteiger partial charge in [-0.2, -0.15) is 0 Å². The van der Waals surface area contributed by atoms with Gasteiger partial charge in [0.1, 0.15) is 0 Å². The number of carbonyl (C=O) groups excluding carboxylic acids is 1. The van der Waals surface area contributed by atoms with Crippen LogP contribution >= 0.6 is 12.2 Å². The summed E-state index contributed by atoms with van der Waals surface area (Å²) in [5.74, 6) is 0.843. The van der Waals surface area contributed by atoms with Crippen LogP contribution in [0, 0.1) is 0 Å². The number of carbonyl (C=O) groups is 1. The smallest absolute Gasteiger partial charge is 0.338 e. The van der Waals surface area contributed by atoms with E-state index in [0.717, 1.165) is 17.5 Å². The van der Waals surface area contributed by atoms with Crippen molar-refractivity contribution in [2.75, 3.05) is 20.3 Å². The third-order valence-corrected chi connectivity index (χ3v) is 4.83. The van der Waals surface area contributed by atoms with Crippen molar-refractivity contribution in [3.05, 3.63) is 65.2 Å². The molecule has 0 bridgehead atoms. The van der Waals surface area contributed by atoms with Gasteiger partial charge in [0.05, 0.1) is 37.6 Å². The van der Waals surface area contributed by atoms with Gasteiger partial charge in [0.2, 0.25) is 0 Å². The van der Waals surface area contributed by atoms with Crippen molar-refractivity contribution < 1.29 is 19.0 Å². The number of thiocarbonyl (C=S) groups is 1. The molecule has 6 nitrogen and oxygen atoms in total. The van der Waals surface area contributed by atoms with Crippen LogP contribution in [0.1, 0.15) is 37.4 Å². The molecule has 2 aromatic carbocycles. The van der Waals surface area contributed by atoms with E-state index in [4.69, 9.17) is 26.4 Å². The van der Waals surface area contributed by atoms with Crippen molar-refractivity contribution in [2.45, 2.75) is 26.3 Å². The summed E-state index contributed by atoms with van der Waals surface area (Å²) < 4.78 is 16.7. The molecule has 7 heteroatoms. The quantitative estimate of drug-likeness (QED) is 0.489. The van der Waals surface area contributed by atoms with Gasteiger partial charge in [-0.15, -0.1) is 0 Å². The van der Waals surface area contributed by atoms with Crippen LogP contribution in [0.25, 0.3) is 5.70 Å². The van der Waals surface area contributed by atoms with Crippen LogP contribution in [0.4, 0.5) is 0 Å². The predicted molar refractivity (Wildman–Crippen MR) is 120 cm³/mol. The molecule has 0 saturated heterocycles. The van der Waals surface area contributed by atoms with Gasteiger partial charge in [0, 0.05) is 0 Å². The third kappa shape index (κ3) is 4.74. The SMILES string of the molecule is CCCOc1ccc([C@H]2NC(=S)NC(c3ccccc3)=C2C(=O)OCC)cc1OC. The molecule has 30 heavy (non-hydrogen) atoms. The molecule has 158 valence electrons. The molecule has 0 unspecified atom stereocenters. The molecule has 3 rings (SSSR count). The minimum atomic E-state index is -0.498. The summed E-state index contributed by atoms with van der Waals surface area (Å²) in [6.07, 6.45) is 0.894. The van der Waals surface area contributed by atoms with Gasteiger partial charge in [-0.1, -0.05) is 43.3 Å². The number of rotatable bonds is 8. The Morgan fingerprint density at radius 2 is 1.87 bits per heavy atom. The first-order valence-electron chi connectivity index (χ1n) is 9.94. The molecule has 2 aromatic rings. The molecule has 0 amide bonds. The lowest BCUT2D eigenvalue weighted by Gasteiger charge is -2.31. The van der Waals surface area contributed by atoms with Crippen molar-refractivity contribution in [3.8, 4) is 11.5 Å². The maximum atomic E-state index is 13.0. The van der Waals surface area contributed by atoms with E-state index in [2.05, 4.69) is 10.6 Å². The lowest BCUT2D eigenvalue weighted by molar-refractivity contribution is -0.138. The Labute approximate surface area is 182 Å². The van der Waals surface area contributed by atoms with E-state index < -0.39 is 12.0 Å². The highest BCUT2D eigenvalue weighted by Gasteiger charge is 2.33. The Bertz CT molecular complexity index is 943. The fourth-order valence-corrected chi connectivity index (χ4v) is 3.49. The fraction of sp³-hybridized carbons (Fsp3) is 0.304. The molecule has 1 heterocycles. The number of esters is 1. The van der Waals surface area contributed by atoms with E-state index in [1.54, 1.807) is 14.0 Å². The van der Waals surface area contributed by atoms with Gasteiger partial charge in [0.25, 0.3) is 0 Å². The summed E-state index contributed by atoms with van der Waals surface area (Å²) in [6.45, 7) is 4.70. The highest BCUT2D eigenvalue weighted by atomic mass is 32.1. The highest BCUT2D eigenvalue weighted by Crippen LogP contribution is 2.36. The zero-order valence-electron chi connectivity index (χ0n) is 17.4. The van der Waals surface area contributed by atoms with Crippen molar-refractivity contribution in [1.82, 2.24) is 10.6 Å². The number of hydrogen-bond donors (Lipinski definition) is 2. The summed E-state index contributed by atoms with van der Waals surface area (Å²) in [7, 11) is 1.59. The Hall–Kier alpha value is -3.06. The van der Waals surface area contributed by atoms with Crippen molar-refractivity contribution in [1.29, 1.82) is 0 Å². The molecule has 1 atom stereocenters. The molecular formula is C23H26N2O4S. The molecular weight excluding hydrogens is 400 g/mol. The topological polar surface area (TPSA) is 68.8 Å². The van der Waals surface area contributed by atoms with Crippen LogP contribution in [0.5, 0.6) is 11.5 Å². The van der Waals surface area contributed by atoms with Crippen LogP contribution in [-0.2, 0) is 9.53 Å². The third-order valence-electron chi connectivity index (χ3n) is 4.61. The van der Waals surface area contributed by atoms with Crippen molar-refractivity contribution in [2.24, 2.45) is 0 Å². The Morgan fingerprint density at radius 1 is 1.10 bits per heavy atom. The Kier molecular flexibility index (Phi) is 7.30. The molecule has 0 aliphatic carbocycles. The minimum Gasteiger partial charge on any atom is -0.493 e. The van der Waals surface area contributed by atoms with E-state index in [0.29, 0.717) is 34.5 Å². The van der Waals surface area contributed by atoms with E-state index in [1.807, 2.05) is 55.5 Å². The van der Waals surface area contributed by atoms with Crippen LogP contribution in [0.15, 0.2) is 54.1 Å². The second-order valence-electron chi connectivity index (χ2n) is 6.67. The zero-order valence-corrected chi connectivity index (χ0v) is 18.2. The maximum absolute atomic E-state index is 13.0. The number of benzene rings is 2. The highest BCUT2D eigenvalue weighted by molar-refractivity contribution is 7.80. The summed E-state index contributed by atoms with van der Waals surface area (Å²) in [5, 5.41) is 6.76. The molecule has 0 radical (unpaired) electrons. The van der Waals surface area contributed by atoms with Gasteiger partial charge >= 0.3 is 5.97 Å². The van der Waals surface area contributed by atoms with Crippen LogP contribution in [0.2, 0.25) is 0 Å². The first-order valence-corrected chi connectivity index (χ1v) is 10.3. The molecule has 1 aliphatic heterocycles. The Balaban J connectivity index is 2.11. The zero-order chi connectivity index (χ0) is 21.5. The summed E-state index contributed by atoms with van der Waals surface area (Å²) in [6, 6.07) is 14.7. The first kappa shape index (κ1) is 21.6. The number of methoxy groups -OCH3 is 1. The fourth-order valence-electron chi connectivity index (χ4n) is 3.27. The largest absolute Gasteiger partial charge is 0.493 e. The van der Waals surface area contributed by atoms with Crippen molar-refractivity contribution in [3.63, 3.8) is 0 Å². The molecule has 1 aliphatic rings. The second-order valence-corrected chi connectivity index (χ2v) is 7.07.